The van der Waals surface area contributed by atoms with Gasteiger partial charge in [0.15, 0.2) is 5.11 Å². The summed E-state index contributed by atoms with van der Waals surface area (Å²) < 4.78 is 16.0. The number of hydrogen-bond donors (Lipinski definition) is 2. The van der Waals surface area contributed by atoms with Gasteiger partial charge in [0.05, 0.1) is 17.7 Å². The Morgan fingerprint density at radius 2 is 1.95 bits per heavy atom. The van der Waals surface area contributed by atoms with Crippen molar-refractivity contribution in [3.05, 3.63) is 28.2 Å². The van der Waals surface area contributed by atoms with Gasteiger partial charge >= 0.3 is 0 Å². The van der Waals surface area contributed by atoms with Gasteiger partial charge in [-0.15, -0.1) is 0 Å². The highest BCUT2D eigenvalue weighted by Crippen LogP contribution is 2.25. The average molecular weight is 391 g/mol. The van der Waals surface area contributed by atoms with Gasteiger partial charge in [-0.1, -0.05) is 0 Å². The number of hydrogen-bond acceptors (Lipinski definition) is 5. The first kappa shape index (κ1) is 18.8. The van der Waals surface area contributed by atoms with Gasteiger partial charge in [-0.05, 0) is 46.3 Å². The molecule has 6 nitrogen and oxygen atoms in total. The van der Waals surface area contributed by atoms with Gasteiger partial charge in [0, 0.05) is 26.3 Å². The fourth-order valence-corrected chi connectivity index (χ4v) is 2.17. The lowest BCUT2D eigenvalue weighted by Gasteiger charge is -2.11. The van der Waals surface area contributed by atoms with Crippen LogP contribution in [0.3, 0.4) is 0 Å². The largest absolute Gasteiger partial charge is 0.490 e. The molecule has 0 aliphatic carbocycles. The predicted molar refractivity (Wildman–Crippen MR) is 91.5 cm³/mol. The zero-order valence-corrected chi connectivity index (χ0v) is 14.9. The molecule has 0 fully saturated rings. The summed E-state index contributed by atoms with van der Waals surface area (Å²) >= 11 is 8.40. The molecule has 0 bridgehead atoms. The van der Waals surface area contributed by atoms with E-state index in [0.717, 1.165) is 0 Å². The van der Waals surface area contributed by atoms with E-state index in [9.17, 15) is 4.79 Å². The highest BCUT2D eigenvalue weighted by Gasteiger charge is 2.10. The number of nitrogens with one attached hydrogen (secondary N) is 2. The van der Waals surface area contributed by atoms with Crippen LogP contribution >= 0.6 is 28.1 Å². The Morgan fingerprint density at radius 3 is 2.59 bits per heavy atom. The zero-order chi connectivity index (χ0) is 16.4. The van der Waals surface area contributed by atoms with Crippen LogP contribution in [0.5, 0.6) is 5.75 Å². The van der Waals surface area contributed by atoms with Gasteiger partial charge in [0.25, 0.3) is 5.91 Å². The average Bonchev–Trinajstić information content (AvgIpc) is 2.49. The lowest BCUT2D eigenvalue weighted by Crippen LogP contribution is -2.40. The molecule has 0 saturated heterocycles. The van der Waals surface area contributed by atoms with E-state index in [1.165, 1.54) is 0 Å². The van der Waals surface area contributed by atoms with Crippen molar-refractivity contribution in [2.24, 2.45) is 0 Å². The van der Waals surface area contributed by atoms with E-state index in [2.05, 4.69) is 26.6 Å². The van der Waals surface area contributed by atoms with E-state index < -0.39 is 0 Å². The summed E-state index contributed by atoms with van der Waals surface area (Å²) in [6.07, 6.45) is 0. The Bertz CT molecular complexity index is 514. The molecule has 0 atom stereocenters. The van der Waals surface area contributed by atoms with Crippen molar-refractivity contribution < 1.29 is 19.0 Å². The van der Waals surface area contributed by atoms with Crippen LogP contribution in [0.4, 0.5) is 0 Å². The van der Waals surface area contributed by atoms with Crippen LogP contribution in [0.25, 0.3) is 0 Å². The molecule has 122 valence electrons. The van der Waals surface area contributed by atoms with Crippen molar-refractivity contribution in [1.82, 2.24) is 10.6 Å². The topological polar surface area (TPSA) is 68.8 Å². The van der Waals surface area contributed by atoms with Crippen LogP contribution in [0.15, 0.2) is 22.7 Å². The fraction of sp³-hybridized carbons (Fsp3) is 0.429. The minimum Gasteiger partial charge on any atom is -0.490 e. The second-order valence-electron chi connectivity index (χ2n) is 4.19. The Kier molecular flexibility index (Phi) is 8.98. The highest BCUT2D eigenvalue weighted by atomic mass is 79.9. The Hall–Kier alpha value is -1.22. The second-order valence-corrected chi connectivity index (χ2v) is 5.45. The van der Waals surface area contributed by atoms with Crippen molar-refractivity contribution in [2.75, 3.05) is 40.6 Å². The second kappa shape index (κ2) is 10.5. The van der Waals surface area contributed by atoms with Crippen molar-refractivity contribution in [3.8, 4) is 5.75 Å². The van der Waals surface area contributed by atoms with Crippen molar-refractivity contribution >= 4 is 39.2 Å². The summed E-state index contributed by atoms with van der Waals surface area (Å²) in [6.45, 7) is 1.98. The van der Waals surface area contributed by atoms with Gasteiger partial charge in [0.2, 0.25) is 0 Å². The maximum atomic E-state index is 12.1. The van der Waals surface area contributed by atoms with E-state index in [0.29, 0.717) is 42.2 Å². The Balaban J connectivity index is 2.55. The first-order valence-electron chi connectivity index (χ1n) is 6.58. The molecular formula is C14H19BrN2O4S. The van der Waals surface area contributed by atoms with Gasteiger partial charge in [0.1, 0.15) is 12.4 Å². The van der Waals surface area contributed by atoms with Crippen molar-refractivity contribution in [2.45, 2.75) is 0 Å². The van der Waals surface area contributed by atoms with Crippen molar-refractivity contribution in [1.29, 1.82) is 0 Å². The number of ether oxygens (including phenoxy) is 3. The molecule has 22 heavy (non-hydrogen) atoms. The summed E-state index contributed by atoms with van der Waals surface area (Å²) in [5.41, 5.74) is 0.474. The highest BCUT2D eigenvalue weighted by molar-refractivity contribution is 9.10. The number of methoxy groups -OCH3 is 2. The monoisotopic (exact) mass is 390 g/mol. The first-order chi connectivity index (χ1) is 10.6. The van der Waals surface area contributed by atoms with E-state index >= 15 is 0 Å². The third kappa shape index (κ3) is 6.69. The number of rotatable bonds is 8. The molecule has 0 aliphatic rings. The third-order valence-electron chi connectivity index (χ3n) is 2.56. The molecule has 0 spiro atoms. The predicted octanol–water partition coefficient (Wildman–Crippen LogP) is 1.72. The van der Waals surface area contributed by atoms with Gasteiger partial charge in [-0.2, -0.15) is 0 Å². The van der Waals surface area contributed by atoms with Crippen LogP contribution in [0, 0.1) is 0 Å². The Morgan fingerprint density at radius 1 is 1.23 bits per heavy atom. The minimum absolute atomic E-state index is 0.263. The maximum absolute atomic E-state index is 12.1. The van der Waals surface area contributed by atoms with Crippen LogP contribution < -0.4 is 15.4 Å². The number of carbonyl (C=O) groups excluding carboxylic acids is 1. The SMILES string of the molecule is COCCNC(=S)NC(=O)c1ccc(OCCOC)c(Br)c1. The zero-order valence-electron chi connectivity index (χ0n) is 12.5. The molecule has 0 radical (unpaired) electrons. The number of thiocarbonyl (C=S) groups is 1. The number of carbonyl (C=O) groups is 1. The number of benzene rings is 1. The van der Waals surface area contributed by atoms with Gasteiger partial charge < -0.3 is 19.5 Å². The maximum Gasteiger partial charge on any atom is 0.257 e. The first-order valence-corrected chi connectivity index (χ1v) is 7.78. The van der Waals surface area contributed by atoms with Crippen LogP contribution in [-0.4, -0.2) is 51.6 Å². The quantitative estimate of drug-likeness (QED) is 0.520. The lowest BCUT2D eigenvalue weighted by molar-refractivity contribution is 0.0976. The van der Waals surface area contributed by atoms with Crippen LogP contribution in [0.1, 0.15) is 10.4 Å². The number of amides is 1. The molecule has 0 aromatic heterocycles. The fourth-order valence-electron chi connectivity index (χ4n) is 1.48. The van der Waals surface area contributed by atoms with E-state index in [4.69, 9.17) is 26.4 Å². The molecule has 1 aromatic rings. The van der Waals surface area contributed by atoms with Gasteiger partial charge in [-0.3, -0.25) is 10.1 Å². The van der Waals surface area contributed by atoms with Crippen LogP contribution in [-0.2, 0) is 9.47 Å². The molecule has 1 aromatic carbocycles. The van der Waals surface area contributed by atoms with Crippen LogP contribution in [0.2, 0.25) is 0 Å². The summed E-state index contributed by atoms with van der Waals surface area (Å²) in [4.78, 5) is 12.1. The van der Waals surface area contributed by atoms with Gasteiger partial charge in [-0.25, -0.2) is 0 Å². The molecule has 0 aliphatic heterocycles. The van der Waals surface area contributed by atoms with Crippen molar-refractivity contribution in [3.63, 3.8) is 0 Å². The normalized spacial score (nSPS) is 10.1. The van der Waals surface area contributed by atoms with E-state index in [1.54, 1.807) is 32.4 Å². The third-order valence-corrected chi connectivity index (χ3v) is 3.42. The minimum atomic E-state index is -0.293. The molecule has 0 saturated carbocycles. The Labute approximate surface area is 143 Å². The molecule has 1 amide bonds. The molecule has 1 rings (SSSR count). The summed E-state index contributed by atoms with van der Waals surface area (Å²) in [5.74, 6) is 0.355. The summed E-state index contributed by atoms with van der Waals surface area (Å²) in [7, 11) is 3.20. The molecule has 8 heteroatoms. The molecule has 2 N–H and O–H groups in total. The number of halogens is 1. The summed E-state index contributed by atoms with van der Waals surface area (Å²) in [5, 5.41) is 5.73. The smallest absolute Gasteiger partial charge is 0.257 e. The van der Waals surface area contributed by atoms with E-state index in [-0.39, 0.29) is 11.0 Å². The summed E-state index contributed by atoms with van der Waals surface area (Å²) in [6, 6.07) is 5.06. The lowest BCUT2D eigenvalue weighted by atomic mass is 10.2. The molecular weight excluding hydrogens is 372 g/mol. The molecule has 0 unspecified atom stereocenters. The standard InChI is InChI=1S/C14H19BrN2O4S/c1-19-6-5-16-14(22)17-13(18)10-3-4-12(11(15)9-10)21-8-7-20-2/h3-4,9H,5-8H2,1-2H3,(H2,16,17,18,22). The molecule has 0 heterocycles. The van der Waals surface area contributed by atoms with E-state index in [1.807, 2.05) is 0 Å².